The SMILES string of the molecule is Cc1ccc(CN2COOCN/C2=N\c2ccc(C=C3CCCC3)cc2)cc1. The molecule has 0 atom stereocenters. The first kappa shape index (κ1) is 18.7. The van der Waals surface area contributed by atoms with Gasteiger partial charge in [-0.15, -0.1) is 0 Å². The summed E-state index contributed by atoms with van der Waals surface area (Å²) >= 11 is 0. The number of hydrogen-bond acceptors (Lipinski definition) is 3. The molecule has 1 saturated carbocycles. The monoisotopic (exact) mass is 377 g/mol. The van der Waals surface area contributed by atoms with Crippen LogP contribution >= 0.6 is 0 Å². The van der Waals surface area contributed by atoms with Crippen LogP contribution in [-0.2, 0) is 16.3 Å². The average molecular weight is 377 g/mol. The molecule has 2 aliphatic rings. The Morgan fingerprint density at radius 3 is 2.50 bits per heavy atom. The lowest BCUT2D eigenvalue weighted by molar-refractivity contribution is -0.305. The zero-order valence-electron chi connectivity index (χ0n) is 16.4. The second kappa shape index (κ2) is 9.04. The van der Waals surface area contributed by atoms with Gasteiger partial charge in [-0.05, 0) is 55.9 Å². The summed E-state index contributed by atoms with van der Waals surface area (Å²) in [7, 11) is 0. The minimum Gasteiger partial charge on any atom is -0.330 e. The van der Waals surface area contributed by atoms with Crippen LogP contribution in [0, 0.1) is 6.92 Å². The van der Waals surface area contributed by atoms with Crippen LogP contribution in [0.4, 0.5) is 5.69 Å². The van der Waals surface area contributed by atoms with Gasteiger partial charge in [-0.1, -0.05) is 53.6 Å². The van der Waals surface area contributed by atoms with Crippen molar-refractivity contribution in [2.45, 2.75) is 39.2 Å². The smallest absolute Gasteiger partial charge is 0.203 e. The molecular weight excluding hydrogens is 350 g/mol. The summed E-state index contributed by atoms with van der Waals surface area (Å²) in [4.78, 5) is 17.2. The largest absolute Gasteiger partial charge is 0.330 e. The standard InChI is InChI=1S/C23H27N3O2/c1-18-6-8-21(9-7-18)15-26-17-28-27-16-24-23(26)25-22-12-10-20(11-13-22)14-19-4-2-3-5-19/h6-14H,2-5,15-17H2,1H3,(H,24,25). The first-order chi connectivity index (χ1) is 13.8. The van der Waals surface area contributed by atoms with E-state index in [2.05, 4.69) is 66.8 Å². The number of allylic oxidation sites excluding steroid dienone is 1. The molecule has 2 aromatic carbocycles. The van der Waals surface area contributed by atoms with Crippen molar-refractivity contribution in [1.29, 1.82) is 0 Å². The van der Waals surface area contributed by atoms with Gasteiger partial charge < -0.3 is 10.2 Å². The molecule has 1 heterocycles. The fourth-order valence-electron chi connectivity index (χ4n) is 3.53. The van der Waals surface area contributed by atoms with E-state index in [-0.39, 0.29) is 6.73 Å². The summed E-state index contributed by atoms with van der Waals surface area (Å²) in [5.74, 6) is 0.750. The predicted octanol–water partition coefficient (Wildman–Crippen LogP) is 4.91. The third-order valence-corrected chi connectivity index (χ3v) is 5.12. The van der Waals surface area contributed by atoms with Crippen molar-refractivity contribution in [3.05, 3.63) is 70.8 Å². The average Bonchev–Trinajstić information content (AvgIpc) is 3.13. The summed E-state index contributed by atoms with van der Waals surface area (Å²) < 4.78 is 0. The Kier molecular flexibility index (Phi) is 6.04. The lowest BCUT2D eigenvalue weighted by Crippen LogP contribution is -2.39. The van der Waals surface area contributed by atoms with Crippen molar-refractivity contribution in [3.8, 4) is 0 Å². The lowest BCUT2D eigenvalue weighted by Gasteiger charge is -2.22. The van der Waals surface area contributed by atoms with E-state index in [9.17, 15) is 0 Å². The first-order valence-corrected chi connectivity index (χ1v) is 9.93. The highest BCUT2D eigenvalue weighted by Crippen LogP contribution is 2.26. The van der Waals surface area contributed by atoms with Gasteiger partial charge in [0, 0.05) is 6.54 Å². The fourth-order valence-corrected chi connectivity index (χ4v) is 3.53. The van der Waals surface area contributed by atoms with E-state index in [0.717, 1.165) is 11.6 Å². The van der Waals surface area contributed by atoms with E-state index in [4.69, 9.17) is 14.8 Å². The van der Waals surface area contributed by atoms with Crippen LogP contribution in [0.15, 0.2) is 59.1 Å². The fraction of sp³-hybridized carbons (Fsp3) is 0.348. The summed E-state index contributed by atoms with van der Waals surface area (Å²) in [6.07, 6.45) is 7.44. The molecule has 0 spiro atoms. The maximum atomic E-state index is 5.24. The number of benzene rings is 2. The van der Waals surface area contributed by atoms with Crippen LogP contribution in [0.1, 0.15) is 42.4 Å². The molecule has 5 heteroatoms. The van der Waals surface area contributed by atoms with Gasteiger partial charge in [-0.3, -0.25) is 0 Å². The van der Waals surface area contributed by atoms with Gasteiger partial charge in [0.25, 0.3) is 0 Å². The van der Waals surface area contributed by atoms with E-state index >= 15 is 0 Å². The Bertz CT molecular complexity index is 833. The Morgan fingerprint density at radius 2 is 1.75 bits per heavy atom. The van der Waals surface area contributed by atoms with E-state index in [1.807, 2.05) is 4.90 Å². The molecule has 5 nitrogen and oxygen atoms in total. The number of hydrogen-bond donors (Lipinski definition) is 1. The second-order valence-corrected chi connectivity index (χ2v) is 7.41. The summed E-state index contributed by atoms with van der Waals surface area (Å²) in [6.45, 7) is 3.38. The number of rotatable bonds is 4. The molecular formula is C23H27N3O2. The molecule has 1 aliphatic carbocycles. The maximum absolute atomic E-state index is 5.24. The second-order valence-electron chi connectivity index (χ2n) is 7.41. The van der Waals surface area contributed by atoms with Crippen molar-refractivity contribution in [3.63, 3.8) is 0 Å². The number of nitrogens with one attached hydrogen (secondary N) is 1. The van der Waals surface area contributed by atoms with Crippen LogP contribution in [0.2, 0.25) is 0 Å². The van der Waals surface area contributed by atoms with Gasteiger partial charge in [-0.25, -0.2) is 14.8 Å². The van der Waals surface area contributed by atoms with E-state index in [1.54, 1.807) is 5.57 Å². The summed E-state index contributed by atoms with van der Waals surface area (Å²) in [5, 5.41) is 3.20. The van der Waals surface area contributed by atoms with Gasteiger partial charge >= 0.3 is 0 Å². The van der Waals surface area contributed by atoms with Crippen LogP contribution in [0.25, 0.3) is 6.08 Å². The van der Waals surface area contributed by atoms with Crippen LogP contribution in [0.5, 0.6) is 0 Å². The van der Waals surface area contributed by atoms with Crippen molar-refractivity contribution in [1.82, 2.24) is 10.2 Å². The molecule has 2 fully saturated rings. The van der Waals surface area contributed by atoms with Gasteiger partial charge in [0.05, 0.1) is 5.69 Å². The quantitative estimate of drug-likeness (QED) is 0.769. The van der Waals surface area contributed by atoms with Crippen LogP contribution in [-0.4, -0.2) is 24.3 Å². The van der Waals surface area contributed by atoms with Gasteiger partial charge in [-0.2, -0.15) is 0 Å². The summed E-state index contributed by atoms with van der Waals surface area (Å²) in [5.41, 5.74) is 6.16. The number of nitrogens with zero attached hydrogens (tertiary/aromatic N) is 2. The highest BCUT2D eigenvalue weighted by molar-refractivity contribution is 5.82. The van der Waals surface area contributed by atoms with Crippen molar-refractivity contribution >= 4 is 17.7 Å². The molecule has 0 aromatic heterocycles. The van der Waals surface area contributed by atoms with Crippen LogP contribution < -0.4 is 5.32 Å². The molecule has 0 amide bonds. The zero-order valence-corrected chi connectivity index (χ0v) is 16.4. The third kappa shape index (κ3) is 5.00. The molecule has 2 aromatic rings. The molecule has 1 aliphatic heterocycles. The maximum Gasteiger partial charge on any atom is 0.203 e. The highest BCUT2D eigenvalue weighted by atomic mass is 17.2. The van der Waals surface area contributed by atoms with Crippen molar-refractivity contribution in [2.24, 2.45) is 4.99 Å². The van der Waals surface area contributed by atoms with E-state index in [1.165, 1.54) is 42.4 Å². The third-order valence-electron chi connectivity index (χ3n) is 5.12. The Balaban J connectivity index is 1.50. The molecule has 28 heavy (non-hydrogen) atoms. The number of guanidine groups is 1. The normalized spacial score (nSPS) is 18.8. The molecule has 1 N–H and O–H groups in total. The number of aryl methyl sites for hydroxylation is 1. The summed E-state index contributed by atoms with van der Waals surface area (Å²) in [6, 6.07) is 16.9. The molecule has 0 unspecified atom stereocenters. The van der Waals surface area contributed by atoms with Crippen LogP contribution in [0.3, 0.4) is 0 Å². The Hall–Kier alpha value is -2.63. The van der Waals surface area contributed by atoms with Gasteiger partial charge in [0.2, 0.25) is 5.96 Å². The molecule has 1 saturated heterocycles. The zero-order chi connectivity index (χ0) is 19.2. The minimum absolute atomic E-state index is 0.271. The molecule has 0 radical (unpaired) electrons. The van der Waals surface area contributed by atoms with Gasteiger partial charge in [0.1, 0.15) is 0 Å². The lowest BCUT2D eigenvalue weighted by atomic mass is 10.1. The van der Waals surface area contributed by atoms with Crippen molar-refractivity contribution in [2.75, 3.05) is 13.5 Å². The Labute approximate surface area is 166 Å². The highest BCUT2D eigenvalue weighted by Gasteiger charge is 2.16. The van der Waals surface area contributed by atoms with E-state index < -0.39 is 0 Å². The minimum atomic E-state index is 0.271. The topological polar surface area (TPSA) is 46.1 Å². The Morgan fingerprint density at radius 1 is 1.00 bits per heavy atom. The predicted molar refractivity (Wildman–Crippen MR) is 112 cm³/mol. The molecule has 4 rings (SSSR count). The number of aliphatic imine (C=N–C) groups is 1. The van der Waals surface area contributed by atoms with E-state index in [0.29, 0.717) is 13.3 Å². The van der Waals surface area contributed by atoms with Crippen molar-refractivity contribution < 1.29 is 9.78 Å². The molecule has 0 bridgehead atoms. The van der Waals surface area contributed by atoms with Gasteiger partial charge in [0.15, 0.2) is 13.5 Å². The first-order valence-electron chi connectivity index (χ1n) is 9.93. The molecule has 146 valence electrons.